The van der Waals surface area contributed by atoms with Gasteiger partial charge in [0, 0.05) is 47.3 Å². The summed E-state index contributed by atoms with van der Waals surface area (Å²) in [6, 6.07) is 3.14. The Morgan fingerprint density at radius 1 is 1.23 bits per heavy atom. The topological polar surface area (TPSA) is 96.4 Å². The van der Waals surface area contributed by atoms with E-state index in [9.17, 15) is 16.8 Å². The van der Waals surface area contributed by atoms with E-state index in [4.69, 9.17) is 22.3 Å². The van der Waals surface area contributed by atoms with Crippen LogP contribution in [-0.4, -0.2) is 32.7 Å². The molecule has 0 unspecified atom stereocenters. The molecule has 0 aliphatic carbocycles. The van der Waals surface area contributed by atoms with Gasteiger partial charge in [-0.3, -0.25) is 0 Å². The standard InChI is InChI=1S/C15H17Cl2N3O4S2/c1-9(2)5-19-26(23,24)20-7-11-3-10-6-18-14(16)4-12(10)15(13(11)8-20)25(17,21)22/h3-4,6,9,19H,5,7-8H2,1-2H3. The van der Waals surface area contributed by atoms with E-state index < -0.39 is 19.3 Å². The number of rotatable bonds is 5. The van der Waals surface area contributed by atoms with Crippen LogP contribution in [0.4, 0.5) is 0 Å². The average molecular weight is 438 g/mol. The summed E-state index contributed by atoms with van der Waals surface area (Å²) in [7, 11) is -2.21. The molecule has 0 spiro atoms. The van der Waals surface area contributed by atoms with Crippen LogP contribution in [0.25, 0.3) is 10.8 Å². The number of hydrogen-bond acceptors (Lipinski definition) is 5. The lowest BCUT2D eigenvalue weighted by molar-refractivity contribution is 0.416. The second-order valence-electron chi connectivity index (χ2n) is 6.52. The van der Waals surface area contributed by atoms with Crippen molar-refractivity contribution in [3.8, 4) is 0 Å². The molecular weight excluding hydrogens is 421 g/mol. The summed E-state index contributed by atoms with van der Waals surface area (Å²) in [6.45, 7) is 4.05. The first-order valence-corrected chi connectivity index (χ1v) is 11.9. The summed E-state index contributed by atoms with van der Waals surface area (Å²) in [6.07, 6.45) is 1.44. The van der Waals surface area contributed by atoms with E-state index in [1.807, 2.05) is 13.8 Å². The Bertz CT molecular complexity index is 1090. The van der Waals surface area contributed by atoms with E-state index in [0.717, 1.165) is 0 Å². The Morgan fingerprint density at radius 2 is 1.92 bits per heavy atom. The molecule has 1 aliphatic rings. The molecule has 1 aromatic carbocycles. The number of fused-ring (bicyclic) bond motifs is 2. The third kappa shape index (κ3) is 3.83. The maximum absolute atomic E-state index is 12.5. The van der Waals surface area contributed by atoms with E-state index in [2.05, 4.69) is 9.71 Å². The van der Waals surface area contributed by atoms with E-state index in [-0.39, 0.29) is 35.6 Å². The van der Waals surface area contributed by atoms with E-state index in [1.54, 1.807) is 6.07 Å². The van der Waals surface area contributed by atoms with E-state index in [1.165, 1.54) is 16.6 Å². The van der Waals surface area contributed by atoms with Gasteiger partial charge in [0.25, 0.3) is 19.3 Å². The fourth-order valence-electron chi connectivity index (χ4n) is 2.88. The summed E-state index contributed by atoms with van der Waals surface area (Å²) in [5, 5.41) is 0.981. The zero-order chi connectivity index (χ0) is 19.3. The van der Waals surface area contributed by atoms with Gasteiger partial charge >= 0.3 is 0 Å². The van der Waals surface area contributed by atoms with Gasteiger partial charge in [-0.15, -0.1) is 0 Å². The molecule has 26 heavy (non-hydrogen) atoms. The van der Waals surface area contributed by atoms with Crippen molar-refractivity contribution in [1.29, 1.82) is 0 Å². The van der Waals surface area contributed by atoms with Crippen LogP contribution in [0.15, 0.2) is 23.2 Å². The molecule has 0 saturated carbocycles. The molecular formula is C15H17Cl2N3O4S2. The first kappa shape index (κ1) is 19.8. The maximum atomic E-state index is 12.5. The molecule has 1 N–H and O–H groups in total. The normalized spacial score (nSPS) is 15.7. The minimum absolute atomic E-state index is 0.0563. The minimum Gasteiger partial charge on any atom is -0.244 e. The fraction of sp³-hybridized carbons (Fsp3) is 0.400. The van der Waals surface area contributed by atoms with Crippen LogP contribution in [0, 0.1) is 5.92 Å². The van der Waals surface area contributed by atoms with Gasteiger partial charge in [0.1, 0.15) is 5.15 Å². The molecule has 7 nitrogen and oxygen atoms in total. The highest BCUT2D eigenvalue weighted by atomic mass is 35.7. The monoisotopic (exact) mass is 437 g/mol. The molecule has 2 heterocycles. The van der Waals surface area contributed by atoms with Crippen molar-refractivity contribution in [3.05, 3.63) is 34.6 Å². The quantitative estimate of drug-likeness (QED) is 0.572. The van der Waals surface area contributed by atoms with Crippen molar-refractivity contribution in [1.82, 2.24) is 14.0 Å². The lowest BCUT2D eigenvalue weighted by atomic mass is 10.0. The molecule has 2 aromatic rings. The molecule has 0 saturated heterocycles. The Morgan fingerprint density at radius 3 is 2.54 bits per heavy atom. The third-order valence-electron chi connectivity index (χ3n) is 4.08. The number of benzene rings is 1. The lowest BCUT2D eigenvalue weighted by Gasteiger charge is -2.17. The van der Waals surface area contributed by atoms with Crippen LogP contribution >= 0.6 is 22.3 Å². The second-order valence-corrected chi connectivity index (χ2v) is 11.2. The summed E-state index contributed by atoms with van der Waals surface area (Å²) in [5.41, 5.74) is 0.945. The van der Waals surface area contributed by atoms with Gasteiger partial charge in [-0.2, -0.15) is 12.7 Å². The van der Waals surface area contributed by atoms with E-state index in [0.29, 0.717) is 21.9 Å². The number of nitrogens with zero attached hydrogens (tertiary/aromatic N) is 2. The molecule has 142 valence electrons. The summed E-state index contributed by atoms with van der Waals surface area (Å²) >= 11 is 5.90. The smallest absolute Gasteiger partial charge is 0.244 e. The first-order valence-electron chi connectivity index (χ1n) is 7.78. The van der Waals surface area contributed by atoms with Crippen LogP contribution in [0.1, 0.15) is 25.0 Å². The Hall–Kier alpha value is -0.970. The van der Waals surface area contributed by atoms with Gasteiger partial charge in [-0.25, -0.2) is 18.1 Å². The molecule has 0 fully saturated rings. The van der Waals surface area contributed by atoms with Crippen LogP contribution < -0.4 is 4.72 Å². The molecule has 0 radical (unpaired) electrons. The number of pyridine rings is 1. The number of halogens is 2. The molecule has 0 amide bonds. The number of aromatic nitrogens is 1. The zero-order valence-corrected chi connectivity index (χ0v) is 17.2. The molecule has 0 atom stereocenters. The highest BCUT2D eigenvalue weighted by Gasteiger charge is 2.34. The van der Waals surface area contributed by atoms with Crippen molar-refractivity contribution in [3.63, 3.8) is 0 Å². The van der Waals surface area contributed by atoms with Gasteiger partial charge in [-0.1, -0.05) is 25.4 Å². The second kappa shape index (κ2) is 6.88. The summed E-state index contributed by atoms with van der Waals surface area (Å²) in [5.74, 6) is 0.143. The largest absolute Gasteiger partial charge is 0.280 e. The molecule has 0 bridgehead atoms. The van der Waals surface area contributed by atoms with Gasteiger partial charge in [0.2, 0.25) is 0 Å². The van der Waals surface area contributed by atoms with Gasteiger partial charge in [0.15, 0.2) is 0 Å². The molecule has 11 heteroatoms. The number of nitrogens with one attached hydrogen (secondary N) is 1. The summed E-state index contributed by atoms with van der Waals surface area (Å²) in [4.78, 5) is 3.84. The van der Waals surface area contributed by atoms with E-state index >= 15 is 0 Å². The fourth-order valence-corrected chi connectivity index (χ4v) is 5.83. The minimum atomic E-state index is -4.12. The van der Waals surface area contributed by atoms with Crippen LogP contribution in [0.5, 0.6) is 0 Å². The Labute approximate surface area is 161 Å². The zero-order valence-electron chi connectivity index (χ0n) is 14.0. The predicted octanol–water partition coefficient (Wildman–Crippen LogP) is 2.62. The maximum Gasteiger partial charge on any atom is 0.280 e. The Kier molecular flexibility index (Phi) is 5.24. The number of hydrogen-bond donors (Lipinski definition) is 1. The van der Waals surface area contributed by atoms with Gasteiger partial charge in [-0.05, 0) is 29.2 Å². The van der Waals surface area contributed by atoms with Crippen LogP contribution in [-0.2, 0) is 32.3 Å². The summed E-state index contributed by atoms with van der Waals surface area (Å²) < 4.78 is 53.2. The van der Waals surface area contributed by atoms with Gasteiger partial charge in [0.05, 0.1) is 4.90 Å². The van der Waals surface area contributed by atoms with Crippen molar-refractivity contribution in [2.24, 2.45) is 5.92 Å². The highest BCUT2D eigenvalue weighted by Crippen LogP contribution is 2.38. The Balaban J connectivity index is 2.12. The van der Waals surface area contributed by atoms with Gasteiger partial charge < -0.3 is 0 Å². The molecule has 3 rings (SSSR count). The lowest BCUT2D eigenvalue weighted by Crippen LogP contribution is -2.39. The SMILES string of the molecule is CC(C)CNS(=O)(=O)N1Cc2cc3cnc(Cl)cc3c(S(=O)(=O)Cl)c2C1. The first-order chi connectivity index (χ1) is 12.0. The molecule has 1 aliphatic heterocycles. The average Bonchev–Trinajstić information content (AvgIpc) is 2.93. The predicted molar refractivity (Wildman–Crippen MR) is 101 cm³/mol. The van der Waals surface area contributed by atoms with Crippen LogP contribution in [0.2, 0.25) is 5.15 Å². The van der Waals surface area contributed by atoms with Crippen molar-refractivity contribution >= 4 is 52.3 Å². The van der Waals surface area contributed by atoms with Crippen molar-refractivity contribution < 1.29 is 16.8 Å². The van der Waals surface area contributed by atoms with Crippen molar-refractivity contribution in [2.75, 3.05) is 6.54 Å². The van der Waals surface area contributed by atoms with Crippen LogP contribution in [0.3, 0.4) is 0 Å². The third-order valence-corrected chi connectivity index (χ3v) is 7.17. The molecule has 1 aromatic heterocycles. The van der Waals surface area contributed by atoms with Crippen molar-refractivity contribution in [2.45, 2.75) is 31.8 Å². The highest BCUT2D eigenvalue weighted by molar-refractivity contribution is 8.14.